The fourth-order valence-electron chi connectivity index (χ4n) is 2.24. The first-order chi connectivity index (χ1) is 13.2. The first kappa shape index (κ1) is 21.0. The largest absolute Gasteiger partial charge is 0.497 e. The monoisotopic (exact) mass is 392 g/mol. The lowest BCUT2D eigenvalue weighted by molar-refractivity contribution is -0.137. The van der Waals surface area contributed by atoms with Gasteiger partial charge in [-0.3, -0.25) is 9.59 Å². The summed E-state index contributed by atoms with van der Waals surface area (Å²) in [5, 5.41) is 4.81. The van der Waals surface area contributed by atoms with Crippen LogP contribution in [0.1, 0.15) is 18.1 Å². The molecule has 2 N–H and O–H groups in total. The van der Waals surface area contributed by atoms with Crippen molar-refractivity contribution >= 4 is 23.6 Å². The van der Waals surface area contributed by atoms with Gasteiger partial charge in [-0.2, -0.15) is 13.2 Å². The molecule has 0 aliphatic rings. The molecule has 0 heterocycles. The molecule has 0 saturated carbocycles. The normalized spacial score (nSPS) is 12.5. The highest BCUT2D eigenvalue weighted by atomic mass is 19.4. The minimum Gasteiger partial charge on any atom is -0.497 e. The lowest BCUT2D eigenvalue weighted by Crippen LogP contribution is -2.40. The van der Waals surface area contributed by atoms with Crippen LogP contribution >= 0.6 is 0 Å². The first-order valence-electron chi connectivity index (χ1n) is 8.30. The van der Waals surface area contributed by atoms with E-state index in [0.29, 0.717) is 5.75 Å². The predicted molar refractivity (Wildman–Crippen MR) is 99.7 cm³/mol. The van der Waals surface area contributed by atoms with Crippen LogP contribution in [-0.2, 0) is 15.8 Å². The smallest absolute Gasteiger partial charge is 0.416 e. The summed E-state index contributed by atoms with van der Waals surface area (Å²) in [6.07, 6.45) is -1.69. The van der Waals surface area contributed by atoms with E-state index >= 15 is 0 Å². The van der Waals surface area contributed by atoms with E-state index in [1.165, 1.54) is 25.1 Å². The Morgan fingerprint density at radius 3 is 2.39 bits per heavy atom. The van der Waals surface area contributed by atoms with Gasteiger partial charge in [0.2, 0.25) is 11.8 Å². The molecule has 0 fully saturated rings. The van der Waals surface area contributed by atoms with Crippen LogP contribution in [0, 0.1) is 0 Å². The summed E-state index contributed by atoms with van der Waals surface area (Å²) in [6.45, 7) is 1.43. The summed E-state index contributed by atoms with van der Waals surface area (Å²) in [7, 11) is 1.55. The van der Waals surface area contributed by atoms with Gasteiger partial charge in [-0.05, 0) is 48.9 Å². The Labute approximate surface area is 160 Å². The number of alkyl halides is 3. The summed E-state index contributed by atoms with van der Waals surface area (Å²) in [5.41, 5.74) is -0.115. The number of anilines is 1. The predicted octanol–water partition coefficient (Wildman–Crippen LogP) is 3.87. The minimum absolute atomic E-state index is 0.00491. The van der Waals surface area contributed by atoms with Gasteiger partial charge in [0, 0.05) is 11.8 Å². The van der Waals surface area contributed by atoms with E-state index in [9.17, 15) is 22.8 Å². The molecule has 0 bridgehead atoms. The highest BCUT2D eigenvalue weighted by Crippen LogP contribution is 2.30. The van der Waals surface area contributed by atoms with Crippen LogP contribution in [0.15, 0.2) is 54.6 Å². The minimum atomic E-state index is -4.51. The summed E-state index contributed by atoms with van der Waals surface area (Å²) < 4.78 is 43.2. The van der Waals surface area contributed by atoms with E-state index in [1.807, 2.05) is 0 Å². The number of carbonyl (C=O) groups is 2. The number of methoxy groups -OCH3 is 1. The Morgan fingerprint density at radius 1 is 1.11 bits per heavy atom. The first-order valence-corrected chi connectivity index (χ1v) is 8.30. The van der Waals surface area contributed by atoms with Crippen molar-refractivity contribution in [1.82, 2.24) is 5.32 Å². The lowest BCUT2D eigenvalue weighted by Gasteiger charge is -2.14. The van der Waals surface area contributed by atoms with E-state index in [4.69, 9.17) is 4.74 Å². The van der Waals surface area contributed by atoms with Gasteiger partial charge in [-0.1, -0.05) is 18.2 Å². The maximum Gasteiger partial charge on any atom is 0.416 e. The second-order valence-electron chi connectivity index (χ2n) is 5.90. The molecule has 1 unspecified atom stereocenters. The van der Waals surface area contributed by atoms with Crippen LogP contribution in [0.4, 0.5) is 18.9 Å². The highest BCUT2D eigenvalue weighted by Gasteiger charge is 2.30. The number of benzene rings is 2. The zero-order chi connectivity index (χ0) is 20.7. The number of ether oxygens (including phenoxy) is 1. The fraction of sp³-hybridized carbons (Fsp3) is 0.200. The van der Waals surface area contributed by atoms with Gasteiger partial charge in [-0.15, -0.1) is 0 Å². The SMILES string of the molecule is COc1ccc(/C=C/C(=O)NC(C)C(=O)Nc2cccc(C(F)(F)F)c2)cc1. The molecule has 8 heteroatoms. The average molecular weight is 392 g/mol. The number of halogens is 3. The molecule has 0 aliphatic carbocycles. The van der Waals surface area contributed by atoms with Gasteiger partial charge in [0.15, 0.2) is 0 Å². The van der Waals surface area contributed by atoms with E-state index in [1.54, 1.807) is 37.5 Å². The number of hydrogen-bond donors (Lipinski definition) is 2. The number of amides is 2. The van der Waals surface area contributed by atoms with Crippen molar-refractivity contribution in [3.63, 3.8) is 0 Å². The van der Waals surface area contributed by atoms with Gasteiger partial charge in [0.1, 0.15) is 11.8 Å². The average Bonchev–Trinajstić information content (AvgIpc) is 2.66. The molecule has 0 spiro atoms. The Bertz CT molecular complexity index is 862. The maximum absolute atomic E-state index is 12.7. The van der Waals surface area contributed by atoms with Crippen molar-refractivity contribution in [2.24, 2.45) is 0 Å². The molecule has 5 nitrogen and oxygen atoms in total. The van der Waals surface area contributed by atoms with E-state index in [0.717, 1.165) is 17.7 Å². The molecule has 1 atom stereocenters. The molecule has 0 radical (unpaired) electrons. The van der Waals surface area contributed by atoms with Crippen LogP contribution < -0.4 is 15.4 Å². The highest BCUT2D eigenvalue weighted by molar-refractivity contribution is 5.99. The number of carbonyl (C=O) groups excluding carboxylic acids is 2. The molecule has 2 aromatic carbocycles. The Balaban J connectivity index is 1.92. The Hall–Kier alpha value is -3.29. The molecule has 0 aromatic heterocycles. The molecule has 28 heavy (non-hydrogen) atoms. The number of hydrogen-bond acceptors (Lipinski definition) is 3. The molecule has 2 aromatic rings. The molecule has 0 aliphatic heterocycles. The second kappa shape index (κ2) is 9.07. The Kier molecular flexibility index (Phi) is 6.81. The van der Waals surface area contributed by atoms with Crippen molar-refractivity contribution in [1.29, 1.82) is 0 Å². The van der Waals surface area contributed by atoms with Crippen molar-refractivity contribution in [3.05, 3.63) is 65.7 Å². The van der Waals surface area contributed by atoms with Gasteiger partial charge in [0.05, 0.1) is 12.7 Å². The molecular weight excluding hydrogens is 373 g/mol. The van der Waals surface area contributed by atoms with Crippen LogP contribution in [0.2, 0.25) is 0 Å². The van der Waals surface area contributed by atoms with Crippen LogP contribution in [0.3, 0.4) is 0 Å². The fourth-order valence-corrected chi connectivity index (χ4v) is 2.24. The summed E-state index contributed by atoms with van der Waals surface area (Å²) in [6, 6.07) is 10.3. The van der Waals surface area contributed by atoms with Gasteiger partial charge in [0.25, 0.3) is 0 Å². The molecular formula is C20H19F3N2O3. The summed E-state index contributed by atoms with van der Waals surface area (Å²) in [4.78, 5) is 24.0. The summed E-state index contributed by atoms with van der Waals surface area (Å²) >= 11 is 0. The van der Waals surface area contributed by atoms with E-state index in [2.05, 4.69) is 10.6 Å². The third-order valence-corrected chi connectivity index (χ3v) is 3.75. The van der Waals surface area contributed by atoms with Crippen molar-refractivity contribution in [2.75, 3.05) is 12.4 Å². The molecule has 0 saturated heterocycles. The molecule has 2 rings (SSSR count). The lowest BCUT2D eigenvalue weighted by atomic mass is 10.2. The number of nitrogens with one attached hydrogen (secondary N) is 2. The molecule has 148 valence electrons. The second-order valence-corrected chi connectivity index (χ2v) is 5.90. The number of rotatable bonds is 6. The van der Waals surface area contributed by atoms with E-state index in [-0.39, 0.29) is 5.69 Å². The van der Waals surface area contributed by atoms with Gasteiger partial charge < -0.3 is 15.4 Å². The maximum atomic E-state index is 12.7. The van der Waals surface area contributed by atoms with Crippen molar-refractivity contribution in [2.45, 2.75) is 19.1 Å². The van der Waals surface area contributed by atoms with Crippen LogP contribution in [0.5, 0.6) is 5.75 Å². The van der Waals surface area contributed by atoms with Crippen LogP contribution in [-0.4, -0.2) is 25.0 Å². The topological polar surface area (TPSA) is 67.4 Å². The zero-order valence-corrected chi connectivity index (χ0v) is 15.2. The quantitative estimate of drug-likeness (QED) is 0.734. The standard InChI is InChI=1S/C20H19F3N2O3/c1-13(19(27)25-16-5-3-4-15(12-16)20(21,22)23)24-18(26)11-8-14-6-9-17(28-2)10-7-14/h3-13H,1-2H3,(H,24,26)(H,25,27)/b11-8+. The summed E-state index contributed by atoms with van der Waals surface area (Å²) in [5.74, 6) is -0.463. The zero-order valence-electron chi connectivity index (χ0n) is 15.2. The molecule has 2 amide bonds. The van der Waals surface area contributed by atoms with Gasteiger partial charge in [-0.25, -0.2) is 0 Å². The van der Waals surface area contributed by atoms with E-state index < -0.39 is 29.6 Å². The van der Waals surface area contributed by atoms with Crippen molar-refractivity contribution in [3.8, 4) is 5.75 Å². The van der Waals surface area contributed by atoms with Gasteiger partial charge >= 0.3 is 6.18 Å². The van der Waals surface area contributed by atoms with Crippen molar-refractivity contribution < 1.29 is 27.5 Å². The third-order valence-electron chi connectivity index (χ3n) is 3.75. The third kappa shape index (κ3) is 6.15. The Morgan fingerprint density at radius 2 is 1.79 bits per heavy atom. The van der Waals surface area contributed by atoms with Crippen LogP contribution in [0.25, 0.3) is 6.08 Å².